The van der Waals surface area contributed by atoms with Crippen LogP contribution >= 0.6 is 50.5 Å². The molecule has 0 unspecified atom stereocenters. The van der Waals surface area contributed by atoms with Crippen LogP contribution in [0.4, 0.5) is 5.69 Å². The number of para-hydroxylation sites is 1. The number of nitrogens with one attached hydrogen (secondary N) is 1. The number of amides is 1. The molecule has 4 aromatic rings. The average Bonchev–Trinajstić information content (AvgIpc) is 3.19. The summed E-state index contributed by atoms with van der Waals surface area (Å²) in [7, 11) is 0. The van der Waals surface area contributed by atoms with Crippen molar-refractivity contribution >= 4 is 73.7 Å². The van der Waals surface area contributed by atoms with E-state index in [0.29, 0.717) is 33.2 Å². The molecule has 1 aromatic heterocycles. The molecule has 0 fully saturated rings. The number of hydrogen-bond acceptors (Lipinski definition) is 5. The highest BCUT2D eigenvalue weighted by Crippen LogP contribution is 2.26. The van der Waals surface area contributed by atoms with Crippen LogP contribution in [0.2, 0.25) is 10.0 Å². The highest BCUT2D eigenvalue weighted by atomic mass is 79.9. The maximum Gasteiger partial charge on any atom is 0.273 e. The second-order valence-corrected chi connectivity index (χ2v) is 10.4. The van der Waals surface area contributed by atoms with Crippen molar-refractivity contribution in [2.45, 2.75) is 6.92 Å². The van der Waals surface area contributed by atoms with Gasteiger partial charge in [0.1, 0.15) is 16.5 Å². The number of nitrogens with zero attached hydrogens (tertiary/aromatic N) is 2. The summed E-state index contributed by atoms with van der Waals surface area (Å²) < 4.78 is 8.38. The molecule has 4 rings (SSSR count). The topological polar surface area (TPSA) is 84.1 Å². The molecule has 0 bridgehead atoms. The molecule has 0 aliphatic heterocycles. The molecule has 6 nitrogen and oxygen atoms in total. The SMILES string of the molecule is CCOc1ccc(Br)cc1/C=c1/s/c(=C(\C#N)C(=O)Nc2cc(Cl)ccc2Cl)n(-c2ccccc2)c1=O. The third kappa shape index (κ3) is 5.97. The number of ether oxygens (including phenoxy) is 1. The van der Waals surface area contributed by atoms with Crippen molar-refractivity contribution in [1.29, 1.82) is 5.26 Å². The molecule has 37 heavy (non-hydrogen) atoms. The Morgan fingerprint density at radius 3 is 2.62 bits per heavy atom. The van der Waals surface area contributed by atoms with Crippen LogP contribution in [0.1, 0.15) is 12.5 Å². The van der Waals surface area contributed by atoms with Gasteiger partial charge >= 0.3 is 0 Å². The minimum absolute atomic E-state index is 0.175. The van der Waals surface area contributed by atoms with Gasteiger partial charge in [-0.15, -0.1) is 11.3 Å². The number of hydrogen-bond donors (Lipinski definition) is 1. The van der Waals surface area contributed by atoms with Gasteiger partial charge in [0.15, 0.2) is 5.57 Å². The van der Waals surface area contributed by atoms with E-state index >= 15 is 0 Å². The quantitative estimate of drug-likeness (QED) is 0.310. The van der Waals surface area contributed by atoms with E-state index in [1.807, 2.05) is 31.2 Å². The zero-order chi connectivity index (χ0) is 26.5. The predicted molar refractivity (Wildman–Crippen MR) is 152 cm³/mol. The van der Waals surface area contributed by atoms with Crippen molar-refractivity contribution in [2.24, 2.45) is 0 Å². The van der Waals surface area contributed by atoms with Crippen molar-refractivity contribution in [3.05, 3.63) is 106 Å². The van der Waals surface area contributed by atoms with E-state index in [9.17, 15) is 14.9 Å². The van der Waals surface area contributed by atoms with E-state index in [1.165, 1.54) is 16.7 Å². The lowest BCUT2D eigenvalue weighted by atomic mass is 10.2. The zero-order valence-electron chi connectivity index (χ0n) is 19.3. The smallest absolute Gasteiger partial charge is 0.273 e. The molecule has 10 heteroatoms. The van der Waals surface area contributed by atoms with Gasteiger partial charge in [-0.05, 0) is 61.5 Å². The number of anilines is 1. The van der Waals surface area contributed by atoms with E-state index in [0.717, 1.165) is 15.8 Å². The van der Waals surface area contributed by atoms with Gasteiger partial charge in [0, 0.05) is 15.1 Å². The second-order valence-electron chi connectivity index (χ2n) is 7.57. The molecule has 0 spiro atoms. The Hall–Kier alpha value is -3.35. The number of rotatable bonds is 6. The molecule has 0 aliphatic rings. The predicted octanol–water partition coefficient (Wildman–Crippen LogP) is 5.51. The number of aromatic nitrogens is 1. The number of thiazole rings is 1. The highest BCUT2D eigenvalue weighted by molar-refractivity contribution is 9.10. The third-order valence-electron chi connectivity index (χ3n) is 5.13. The van der Waals surface area contributed by atoms with E-state index in [1.54, 1.807) is 42.5 Å². The van der Waals surface area contributed by atoms with Crippen molar-refractivity contribution in [3.8, 4) is 17.5 Å². The minimum Gasteiger partial charge on any atom is -0.493 e. The van der Waals surface area contributed by atoms with Crippen molar-refractivity contribution in [2.75, 3.05) is 11.9 Å². The second kappa shape index (κ2) is 11.8. The van der Waals surface area contributed by atoms with Gasteiger partial charge < -0.3 is 10.1 Å². The summed E-state index contributed by atoms with van der Waals surface area (Å²) in [5.74, 6) is -0.120. The fourth-order valence-electron chi connectivity index (χ4n) is 3.50. The molecule has 1 amide bonds. The van der Waals surface area contributed by atoms with Crippen LogP contribution < -0.4 is 24.8 Å². The number of carbonyl (C=O) groups excluding carboxylic acids is 1. The summed E-state index contributed by atoms with van der Waals surface area (Å²) in [4.78, 5) is 26.9. The molecule has 1 heterocycles. The molecule has 0 aliphatic carbocycles. The fourth-order valence-corrected chi connectivity index (χ4v) is 5.30. The Balaban J connectivity index is 1.98. The summed E-state index contributed by atoms with van der Waals surface area (Å²) in [6.07, 6.45) is 1.69. The molecule has 186 valence electrons. The molecule has 1 N–H and O–H groups in total. The monoisotopic (exact) mass is 613 g/mol. The molecule has 0 saturated heterocycles. The lowest BCUT2D eigenvalue weighted by Gasteiger charge is -2.07. The third-order valence-corrected chi connectivity index (χ3v) is 7.28. The summed E-state index contributed by atoms with van der Waals surface area (Å²) >= 11 is 16.7. The number of carbonyl (C=O) groups is 1. The number of benzene rings is 3. The van der Waals surface area contributed by atoms with Crippen molar-refractivity contribution in [3.63, 3.8) is 0 Å². The van der Waals surface area contributed by atoms with Gasteiger partial charge in [0.2, 0.25) is 0 Å². The van der Waals surface area contributed by atoms with Crippen molar-refractivity contribution in [1.82, 2.24) is 4.57 Å². The Kier molecular flexibility index (Phi) is 8.52. The first-order chi connectivity index (χ1) is 17.8. The molecular formula is C27H18BrCl2N3O3S. The standard InChI is InChI=1S/C27H18BrCl2N3O3S/c1-2-36-23-11-8-17(28)12-16(23)13-24-26(35)33(19-6-4-3-5-7-19)27(37-24)20(15-31)25(34)32-22-14-18(29)9-10-21(22)30/h3-14H,2H2,1H3,(H,32,34)/b24-13+,27-20+. The lowest BCUT2D eigenvalue weighted by Crippen LogP contribution is -2.32. The van der Waals surface area contributed by atoms with E-state index in [2.05, 4.69) is 21.2 Å². The summed E-state index contributed by atoms with van der Waals surface area (Å²) in [5.41, 5.74) is 0.809. The molecule has 0 saturated carbocycles. The van der Waals surface area contributed by atoms with E-state index in [4.69, 9.17) is 27.9 Å². The van der Waals surface area contributed by atoms with Crippen LogP contribution in [-0.2, 0) is 4.79 Å². The van der Waals surface area contributed by atoms with Gasteiger partial charge in [-0.25, -0.2) is 0 Å². The zero-order valence-corrected chi connectivity index (χ0v) is 23.2. The van der Waals surface area contributed by atoms with Crippen LogP contribution in [0.15, 0.2) is 76.0 Å². The van der Waals surface area contributed by atoms with Gasteiger partial charge in [-0.3, -0.25) is 14.2 Å². The van der Waals surface area contributed by atoms with Crippen LogP contribution in [0, 0.1) is 11.3 Å². The first kappa shape index (κ1) is 26.7. The van der Waals surface area contributed by atoms with Gasteiger partial charge in [0.05, 0.1) is 27.5 Å². The van der Waals surface area contributed by atoms with E-state index < -0.39 is 5.91 Å². The average molecular weight is 615 g/mol. The lowest BCUT2D eigenvalue weighted by molar-refractivity contribution is -0.111. The first-order valence-electron chi connectivity index (χ1n) is 10.9. The molecule has 3 aromatic carbocycles. The van der Waals surface area contributed by atoms with Crippen LogP contribution in [0.5, 0.6) is 5.75 Å². The summed E-state index contributed by atoms with van der Waals surface area (Å²) in [5, 5.41) is 13.3. The van der Waals surface area contributed by atoms with Gasteiger partial charge in [0.25, 0.3) is 11.5 Å². The van der Waals surface area contributed by atoms with Crippen LogP contribution in [0.25, 0.3) is 17.3 Å². The number of nitriles is 1. The van der Waals surface area contributed by atoms with Crippen molar-refractivity contribution < 1.29 is 9.53 Å². The normalized spacial score (nSPS) is 12.1. The van der Waals surface area contributed by atoms with Crippen LogP contribution in [0.3, 0.4) is 0 Å². The first-order valence-corrected chi connectivity index (χ1v) is 13.3. The maximum absolute atomic E-state index is 13.6. The molecule has 0 radical (unpaired) electrons. The van der Waals surface area contributed by atoms with E-state index in [-0.39, 0.29) is 26.5 Å². The Bertz CT molecular complexity index is 1710. The molecule has 0 atom stereocenters. The van der Waals surface area contributed by atoms with Gasteiger partial charge in [-0.1, -0.05) is 57.3 Å². The van der Waals surface area contributed by atoms with Gasteiger partial charge in [-0.2, -0.15) is 5.26 Å². The Morgan fingerprint density at radius 1 is 1.16 bits per heavy atom. The Labute approximate surface area is 234 Å². The Morgan fingerprint density at radius 2 is 1.92 bits per heavy atom. The number of halogens is 3. The largest absolute Gasteiger partial charge is 0.493 e. The van der Waals surface area contributed by atoms with Crippen LogP contribution in [-0.4, -0.2) is 17.1 Å². The summed E-state index contributed by atoms with van der Waals surface area (Å²) in [6, 6.07) is 20.9. The maximum atomic E-state index is 13.6. The molecular weight excluding hydrogens is 597 g/mol. The minimum atomic E-state index is -0.721. The highest BCUT2D eigenvalue weighted by Gasteiger charge is 2.18. The fraction of sp³-hybridized carbons (Fsp3) is 0.0741. The summed E-state index contributed by atoms with van der Waals surface area (Å²) in [6.45, 7) is 2.32.